The van der Waals surface area contributed by atoms with Crippen molar-refractivity contribution in [1.29, 1.82) is 0 Å². The Bertz CT molecular complexity index is 465. The second-order valence-electron chi connectivity index (χ2n) is 5.03. The lowest BCUT2D eigenvalue weighted by molar-refractivity contribution is -0.142. The highest BCUT2D eigenvalue weighted by Gasteiger charge is 2.33. The summed E-state index contributed by atoms with van der Waals surface area (Å²) in [6, 6.07) is 1.73. The zero-order chi connectivity index (χ0) is 15.2. The van der Waals surface area contributed by atoms with E-state index >= 15 is 0 Å². The Kier molecular flexibility index (Phi) is 5.73. The molecule has 0 spiro atoms. The summed E-state index contributed by atoms with van der Waals surface area (Å²) in [4.78, 5) is 19.8. The summed E-state index contributed by atoms with van der Waals surface area (Å²) in [5.41, 5.74) is -0.345. The number of carboxylic acid groups (broad SMARTS) is 1. The summed E-state index contributed by atoms with van der Waals surface area (Å²) in [6.45, 7) is 7.98. The quantitative estimate of drug-likeness (QED) is 0.762. The number of hydrogen-bond donors (Lipinski definition) is 2. The third kappa shape index (κ3) is 4.36. The van der Waals surface area contributed by atoms with E-state index in [0.29, 0.717) is 18.9 Å². The lowest BCUT2D eigenvalue weighted by atomic mass is 9.97. The Morgan fingerprint density at radius 1 is 1.40 bits per heavy atom. The number of anilines is 1. The molecule has 1 rings (SSSR count). The largest absolute Gasteiger partial charge is 0.480 e. The van der Waals surface area contributed by atoms with Crippen molar-refractivity contribution in [2.24, 2.45) is 0 Å². The number of rotatable bonds is 8. The van der Waals surface area contributed by atoms with Crippen molar-refractivity contribution in [2.45, 2.75) is 52.5 Å². The van der Waals surface area contributed by atoms with Crippen molar-refractivity contribution in [2.75, 3.05) is 11.9 Å². The van der Waals surface area contributed by atoms with E-state index in [1.54, 1.807) is 13.0 Å². The Morgan fingerprint density at radius 2 is 2.10 bits per heavy atom. The first-order valence-electron chi connectivity index (χ1n) is 6.91. The van der Waals surface area contributed by atoms with Crippen molar-refractivity contribution < 1.29 is 14.6 Å². The minimum Gasteiger partial charge on any atom is -0.480 e. The van der Waals surface area contributed by atoms with Gasteiger partial charge in [0.2, 0.25) is 11.8 Å². The second-order valence-corrected chi connectivity index (χ2v) is 5.03. The monoisotopic (exact) mass is 281 g/mol. The summed E-state index contributed by atoms with van der Waals surface area (Å²) in [5.74, 6) is -0.166. The summed E-state index contributed by atoms with van der Waals surface area (Å²) in [6.07, 6.45) is 2.13. The molecule has 0 aliphatic heterocycles. The molecule has 1 atom stereocenters. The minimum absolute atomic E-state index is 0.287. The number of hydrogen-bond acceptors (Lipinski definition) is 5. The molecule has 0 aliphatic rings. The van der Waals surface area contributed by atoms with Crippen LogP contribution in [-0.4, -0.2) is 33.2 Å². The van der Waals surface area contributed by atoms with E-state index in [-0.39, 0.29) is 5.95 Å². The van der Waals surface area contributed by atoms with Gasteiger partial charge in [-0.15, -0.1) is 0 Å². The fourth-order valence-electron chi connectivity index (χ4n) is 1.85. The van der Waals surface area contributed by atoms with Gasteiger partial charge in [-0.1, -0.05) is 20.3 Å². The number of nitrogens with zero attached hydrogens (tertiary/aromatic N) is 2. The molecule has 1 heterocycles. The third-order valence-electron chi connectivity index (χ3n) is 2.89. The first kappa shape index (κ1) is 16.2. The Morgan fingerprint density at radius 3 is 2.65 bits per heavy atom. The molecule has 1 aromatic rings. The topological polar surface area (TPSA) is 84.3 Å². The van der Waals surface area contributed by atoms with Crippen LogP contribution >= 0.6 is 0 Å². The fraction of sp³-hybridized carbons (Fsp3) is 0.643. The van der Waals surface area contributed by atoms with Crippen LogP contribution in [0.25, 0.3) is 0 Å². The number of carbonyl (C=O) groups is 1. The first-order chi connectivity index (χ1) is 9.41. The number of aryl methyl sites for hydroxylation is 1. The molecular formula is C14H23N3O3. The van der Waals surface area contributed by atoms with E-state index < -0.39 is 11.5 Å². The molecule has 0 amide bonds. The Hall–Kier alpha value is -1.85. The molecule has 0 saturated carbocycles. The van der Waals surface area contributed by atoms with Gasteiger partial charge in [-0.05, 0) is 26.7 Å². The predicted molar refractivity (Wildman–Crippen MR) is 77.1 cm³/mol. The highest BCUT2D eigenvalue weighted by molar-refractivity contribution is 5.81. The van der Waals surface area contributed by atoms with E-state index in [1.165, 1.54) is 0 Å². The number of aromatic nitrogens is 2. The van der Waals surface area contributed by atoms with Gasteiger partial charge in [-0.25, -0.2) is 9.78 Å². The molecule has 0 aliphatic carbocycles. The average Bonchev–Trinajstić information content (AvgIpc) is 2.35. The van der Waals surface area contributed by atoms with Gasteiger partial charge in [0.05, 0.1) is 6.61 Å². The van der Waals surface area contributed by atoms with Crippen molar-refractivity contribution >= 4 is 11.9 Å². The highest BCUT2D eigenvalue weighted by atomic mass is 16.5. The van der Waals surface area contributed by atoms with Crippen LogP contribution < -0.4 is 10.1 Å². The van der Waals surface area contributed by atoms with Crippen LogP contribution in [-0.2, 0) is 4.79 Å². The molecule has 0 radical (unpaired) electrons. The maximum absolute atomic E-state index is 11.4. The number of ether oxygens (including phenoxy) is 1. The molecular weight excluding hydrogens is 258 g/mol. The van der Waals surface area contributed by atoms with Crippen molar-refractivity contribution in [3.05, 3.63) is 11.8 Å². The van der Waals surface area contributed by atoms with Gasteiger partial charge in [-0.3, -0.25) is 0 Å². The maximum atomic E-state index is 11.4. The van der Waals surface area contributed by atoms with Crippen LogP contribution in [0.15, 0.2) is 6.07 Å². The molecule has 2 N–H and O–H groups in total. The molecule has 0 aromatic carbocycles. The molecule has 1 unspecified atom stereocenters. The van der Waals surface area contributed by atoms with Crippen molar-refractivity contribution in [1.82, 2.24) is 9.97 Å². The van der Waals surface area contributed by atoms with Crippen LogP contribution in [0.2, 0.25) is 0 Å². The normalized spacial score (nSPS) is 13.6. The van der Waals surface area contributed by atoms with Gasteiger partial charge in [0, 0.05) is 11.8 Å². The zero-order valence-corrected chi connectivity index (χ0v) is 12.6. The third-order valence-corrected chi connectivity index (χ3v) is 2.89. The molecule has 6 heteroatoms. The molecule has 20 heavy (non-hydrogen) atoms. The molecule has 0 saturated heterocycles. The van der Waals surface area contributed by atoms with E-state index in [1.807, 2.05) is 20.8 Å². The van der Waals surface area contributed by atoms with Crippen LogP contribution in [0.3, 0.4) is 0 Å². The van der Waals surface area contributed by atoms with Gasteiger partial charge >= 0.3 is 5.97 Å². The Balaban J connectivity index is 2.95. The number of nitrogens with one attached hydrogen (secondary N) is 1. The maximum Gasteiger partial charge on any atom is 0.329 e. The molecule has 0 bridgehead atoms. The molecule has 112 valence electrons. The van der Waals surface area contributed by atoms with E-state index in [9.17, 15) is 9.90 Å². The first-order valence-corrected chi connectivity index (χ1v) is 6.91. The molecule has 1 aromatic heterocycles. The Labute approximate surface area is 119 Å². The predicted octanol–water partition coefficient (Wildman–Crippen LogP) is 2.63. The number of aliphatic carboxylic acids is 1. The van der Waals surface area contributed by atoms with Gasteiger partial charge in [0.15, 0.2) is 0 Å². The summed E-state index contributed by atoms with van der Waals surface area (Å²) in [5, 5.41) is 12.3. The van der Waals surface area contributed by atoms with Gasteiger partial charge < -0.3 is 15.2 Å². The SMILES string of the molecule is CCCOc1cc(C)nc(NC(C)(CCC)C(=O)O)n1. The lowest BCUT2D eigenvalue weighted by Gasteiger charge is -2.25. The fourth-order valence-corrected chi connectivity index (χ4v) is 1.85. The summed E-state index contributed by atoms with van der Waals surface area (Å²) >= 11 is 0. The number of carboxylic acids is 1. The average molecular weight is 281 g/mol. The van der Waals surface area contributed by atoms with Crippen molar-refractivity contribution in [3.63, 3.8) is 0 Å². The smallest absolute Gasteiger partial charge is 0.329 e. The summed E-state index contributed by atoms with van der Waals surface area (Å²) < 4.78 is 5.47. The van der Waals surface area contributed by atoms with Gasteiger partial charge in [-0.2, -0.15) is 4.98 Å². The van der Waals surface area contributed by atoms with Gasteiger partial charge in [0.25, 0.3) is 0 Å². The van der Waals surface area contributed by atoms with Crippen LogP contribution in [0, 0.1) is 6.92 Å². The highest BCUT2D eigenvalue weighted by Crippen LogP contribution is 2.20. The lowest BCUT2D eigenvalue weighted by Crippen LogP contribution is -2.43. The zero-order valence-electron chi connectivity index (χ0n) is 12.6. The van der Waals surface area contributed by atoms with E-state index in [4.69, 9.17) is 4.74 Å². The van der Waals surface area contributed by atoms with E-state index in [2.05, 4.69) is 15.3 Å². The van der Waals surface area contributed by atoms with Crippen LogP contribution in [0.5, 0.6) is 5.88 Å². The minimum atomic E-state index is -1.08. The van der Waals surface area contributed by atoms with Crippen molar-refractivity contribution in [3.8, 4) is 5.88 Å². The van der Waals surface area contributed by atoms with Gasteiger partial charge in [0.1, 0.15) is 5.54 Å². The second kappa shape index (κ2) is 7.07. The standard InChI is InChI=1S/C14H23N3O3/c1-5-7-14(4,12(18)19)17-13-15-10(3)9-11(16-13)20-8-6-2/h9H,5-8H2,1-4H3,(H,18,19)(H,15,16,17). The van der Waals surface area contributed by atoms with Crippen LogP contribution in [0.1, 0.15) is 45.7 Å². The van der Waals surface area contributed by atoms with Crippen LogP contribution in [0.4, 0.5) is 5.95 Å². The summed E-state index contributed by atoms with van der Waals surface area (Å²) in [7, 11) is 0. The molecule has 0 fully saturated rings. The molecule has 6 nitrogen and oxygen atoms in total. The van der Waals surface area contributed by atoms with E-state index in [0.717, 1.165) is 18.5 Å².